The Bertz CT molecular complexity index is 432. The van der Waals surface area contributed by atoms with Crippen LogP contribution in [0.3, 0.4) is 0 Å². The lowest BCUT2D eigenvalue weighted by atomic mass is 9.95. The SMILES string of the molecule is CC(C)(Cc1ccc(Br)cc1)NC(=O)CC#N. The Morgan fingerprint density at radius 2 is 2.00 bits per heavy atom. The van der Waals surface area contributed by atoms with Crippen LogP contribution in [0.4, 0.5) is 0 Å². The Morgan fingerprint density at radius 1 is 1.41 bits per heavy atom. The summed E-state index contributed by atoms with van der Waals surface area (Å²) in [5, 5.41) is 11.3. The van der Waals surface area contributed by atoms with Crippen molar-refractivity contribution in [3.8, 4) is 6.07 Å². The number of benzene rings is 1. The fourth-order valence-electron chi connectivity index (χ4n) is 1.65. The first kappa shape index (κ1) is 13.7. The van der Waals surface area contributed by atoms with E-state index in [1.54, 1.807) is 0 Å². The van der Waals surface area contributed by atoms with E-state index < -0.39 is 0 Å². The number of nitriles is 1. The maximum absolute atomic E-state index is 11.4. The van der Waals surface area contributed by atoms with E-state index in [9.17, 15) is 4.79 Å². The molecule has 0 atom stereocenters. The van der Waals surface area contributed by atoms with Crippen LogP contribution >= 0.6 is 15.9 Å². The predicted molar refractivity (Wildman–Crippen MR) is 70.3 cm³/mol. The molecular weight excluding hydrogens is 280 g/mol. The fraction of sp³-hybridized carbons (Fsp3) is 0.385. The lowest BCUT2D eigenvalue weighted by molar-refractivity contribution is -0.121. The third kappa shape index (κ3) is 5.01. The molecule has 0 heterocycles. The van der Waals surface area contributed by atoms with Crippen molar-refractivity contribution in [1.82, 2.24) is 5.32 Å². The summed E-state index contributed by atoms with van der Waals surface area (Å²) in [5.74, 6) is -0.227. The summed E-state index contributed by atoms with van der Waals surface area (Å²) >= 11 is 3.38. The van der Waals surface area contributed by atoms with Crippen molar-refractivity contribution in [3.63, 3.8) is 0 Å². The highest BCUT2D eigenvalue weighted by atomic mass is 79.9. The number of nitrogens with zero attached hydrogens (tertiary/aromatic N) is 1. The van der Waals surface area contributed by atoms with Gasteiger partial charge in [0.05, 0.1) is 6.07 Å². The molecule has 1 amide bonds. The highest BCUT2D eigenvalue weighted by molar-refractivity contribution is 9.10. The standard InChI is InChI=1S/C13H15BrN2O/c1-13(2,16-12(17)7-8-15)9-10-3-5-11(14)6-4-10/h3-6H,7,9H2,1-2H3,(H,16,17). The molecule has 0 saturated carbocycles. The largest absolute Gasteiger partial charge is 0.350 e. The van der Waals surface area contributed by atoms with E-state index in [1.165, 1.54) is 0 Å². The second-order valence-electron chi connectivity index (χ2n) is 4.57. The van der Waals surface area contributed by atoms with Gasteiger partial charge in [0.25, 0.3) is 0 Å². The molecule has 0 bridgehead atoms. The minimum absolute atomic E-state index is 0.0935. The number of halogens is 1. The van der Waals surface area contributed by atoms with Crippen LogP contribution in [-0.4, -0.2) is 11.4 Å². The molecule has 0 aromatic heterocycles. The third-order valence-electron chi connectivity index (χ3n) is 2.28. The Morgan fingerprint density at radius 3 is 2.53 bits per heavy atom. The first-order chi connectivity index (χ1) is 7.93. The van der Waals surface area contributed by atoms with Gasteiger partial charge in [-0.1, -0.05) is 28.1 Å². The summed E-state index contributed by atoms with van der Waals surface area (Å²) in [6, 6.07) is 9.82. The molecule has 0 aliphatic rings. The zero-order valence-electron chi connectivity index (χ0n) is 9.96. The molecule has 0 aliphatic carbocycles. The van der Waals surface area contributed by atoms with Gasteiger partial charge in [0, 0.05) is 10.0 Å². The molecule has 1 N–H and O–H groups in total. The number of hydrogen-bond acceptors (Lipinski definition) is 2. The van der Waals surface area contributed by atoms with Gasteiger partial charge in [-0.05, 0) is 38.0 Å². The zero-order valence-corrected chi connectivity index (χ0v) is 11.5. The second kappa shape index (κ2) is 5.83. The Balaban J connectivity index is 2.63. The van der Waals surface area contributed by atoms with Crippen LogP contribution in [0.1, 0.15) is 25.8 Å². The van der Waals surface area contributed by atoms with Crippen LogP contribution in [-0.2, 0) is 11.2 Å². The molecule has 0 fully saturated rings. The summed E-state index contributed by atoms with van der Waals surface area (Å²) in [6.07, 6.45) is 0.640. The van der Waals surface area contributed by atoms with Crippen LogP contribution in [0.2, 0.25) is 0 Å². The van der Waals surface area contributed by atoms with Gasteiger partial charge in [-0.25, -0.2) is 0 Å². The Kier molecular flexibility index (Phi) is 4.71. The molecule has 1 rings (SSSR count). The second-order valence-corrected chi connectivity index (χ2v) is 5.49. The molecule has 3 nitrogen and oxygen atoms in total. The lowest BCUT2D eigenvalue weighted by Crippen LogP contribution is -2.44. The van der Waals surface area contributed by atoms with Gasteiger partial charge in [-0.3, -0.25) is 4.79 Å². The molecular formula is C13H15BrN2O. The molecule has 1 aromatic rings. The minimum Gasteiger partial charge on any atom is -0.350 e. The highest BCUT2D eigenvalue weighted by Gasteiger charge is 2.20. The average Bonchev–Trinajstić information content (AvgIpc) is 2.20. The molecule has 4 heteroatoms. The number of carbonyl (C=O) groups is 1. The van der Waals surface area contributed by atoms with E-state index in [-0.39, 0.29) is 17.9 Å². The number of carbonyl (C=O) groups excluding carboxylic acids is 1. The van der Waals surface area contributed by atoms with E-state index in [1.807, 2.05) is 44.2 Å². The van der Waals surface area contributed by atoms with Crippen LogP contribution in [0.15, 0.2) is 28.7 Å². The molecule has 0 unspecified atom stereocenters. The fourth-order valence-corrected chi connectivity index (χ4v) is 1.91. The van der Waals surface area contributed by atoms with Gasteiger partial charge in [0.2, 0.25) is 5.91 Å². The van der Waals surface area contributed by atoms with E-state index in [2.05, 4.69) is 21.2 Å². The van der Waals surface area contributed by atoms with Gasteiger partial charge < -0.3 is 5.32 Å². The summed E-state index contributed by atoms with van der Waals surface area (Å²) in [4.78, 5) is 11.4. The summed E-state index contributed by atoms with van der Waals surface area (Å²) in [6.45, 7) is 3.90. The molecule has 90 valence electrons. The van der Waals surface area contributed by atoms with Crippen molar-refractivity contribution in [3.05, 3.63) is 34.3 Å². The maximum atomic E-state index is 11.4. The topological polar surface area (TPSA) is 52.9 Å². The number of hydrogen-bond donors (Lipinski definition) is 1. The van der Waals surface area contributed by atoms with Crippen molar-refractivity contribution < 1.29 is 4.79 Å². The van der Waals surface area contributed by atoms with E-state index in [4.69, 9.17) is 5.26 Å². The van der Waals surface area contributed by atoms with Gasteiger partial charge >= 0.3 is 0 Å². The lowest BCUT2D eigenvalue weighted by Gasteiger charge is -2.26. The minimum atomic E-state index is -0.345. The van der Waals surface area contributed by atoms with Crippen molar-refractivity contribution in [2.75, 3.05) is 0 Å². The molecule has 0 aliphatic heterocycles. The predicted octanol–water partition coefficient (Wildman–Crippen LogP) is 2.80. The van der Waals surface area contributed by atoms with Gasteiger partial charge in [-0.15, -0.1) is 0 Å². The quantitative estimate of drug-likeness (QED) is 0.928. The van der Waals surface area contributed by atoms with Crippen molar-refractivity contribution in [2.24, 2.45) is 0 Å². The third-order valence-corrected chi connectivity index (χ3v) is 2.81. The smallest absolute Gasteiger partial charge is 0.234 e. The Hall–Kier alpha value is -1.34. The van der Waals surface area contributed by atoms with Crippen LogP contribution in [0.25, 0.3) is 0 Å². The first-order valence-electron chi connectivity index (χ1n) is 5.35. The molecule has 0 spiro atoms. The summed E-state index contributed by atoms with van der Waals surface area (Å²) in [7, 11) is 0. The van der Waals surface area contributed by atoms with E-state index >= 15 is 0 Å². The van der Waals surface area contributed by atoms with E-state index in [0.717, 1.165) is 16.5 Å². The molecule has 1 aromatic carbocycles. The number of amides is 1. The number of rotatable bonds is 4. The van der Waals surface area contributed by atoms with Crippen LogP contribution in [0, 0.1) is 11.3 Å². The van der Waals surface area contributed by atoms with Gasteiger partial charge in [0.15, 0.2) is 0 Å². The van der Waals surface area contributed by atoms with Crippen molar-refractivity contribution >= 4 is 21.8 Å². The summed E-state index contributed by atoms with van der Waals surface area (Å²) < 4.78 is 1.03. The average molecular weight is 295 g/mol. The first-order valence-corrected chi connectivity index (χ1v) is 6.15. The normalized spacial score (nSPS) is 10.7. The monoisotopic (exact) mass is 294 g/mol. The zero-order chi connectivity index (χ0) is 12.9. The molecule has 17 heavy (non-hydrogen) atoms. The molecule has 0 radical (unpaired) electrons. The number of nitrogens with one attached hydrogen (secondary N) is 1. The Labute approximate surface area is 110 Å². The van der Waals surface area contributed by atoms with Gasteiger partial charge in [0.1, 0.15) is 6.42 Å². The highest BCUT2D eigenvalue weighted by Crippen LogP contribution is 2.16. The van der Waals surface area contributed by atoms with Crippen LogP contribution in [0.5, 0.6) is 0 Å². The molecule has 0 saturated heterocycles. The maximum Gasteiger partial charge on any atom is 0.234 e. The van der Waals surface area contributed by atoms with Crippen molar-refractivity contribution in [2.45, 2.75) is 32.2 Å². The van der Waals surface area contributed by atoms with Crippen LogP contribution < -0.4 is 5.32 Å². The van der Waals surface area contributed by atoms with E-state index in [0.29, 0.717) is 0 Å². The summed E-state index contributed by atoms with van der Waals surface area (Å²) in [5.41, 5.74) is 0.803. The van der Waals surface area contributed by atoms with Gasteiger partial charge in [-0.2, -0.15) is 5.26 Å². The van der Waals surface area contributed by atoms with Crippen molar-refractivity contribution in [1.29, 1.82) is 5.26 Å².